The van der Waals surface area contributed by atoms with Gasteiger partial charge in [0, 0.05) is 32.6 Å². The third-order valence-corrected chi connectivity index (χ3v) is 8.50. The molecule has 1 amide bonds. The number of benzene rings is 2. The number of aryl methyl sites for hydroxylation is 3. The van der Waals surface area contributed by atoms with E-state index in [1.165, 1.54) is 17.5 Å². The van der Waals surface area contributed by atoms with E-state index in [1.807, 2.05) is 33.8 Å². The van der Waals surface area contributed by atoms with E-state index in [0.717, 1.165) is 27.8 Å². The van der Waals surface area contributed by atoms with E-state index in [0.29, 0.717) is 24.4 Å². The maximum atomic E-state index is 13.8. The zero-order valence-corrected chi connectivity index (χ0v) is 20.2. The largest absolute Gasteiger partial charge is 0.494 e. The van der Waals surface area contributed by atoms with E-state index in [4.69, 9.17) is 4.74 Å². The summed E-state index contributed by atoms with van der Waals surface area (Å²) in [6.45, 7) is 8.75. The summed E-state index contributed by atoms with van der Waals surface area (Å²) in [5.74, 6) is -0.336. The summed E-state index contributed by atoms with van der Waals surface area (Å²) >= 11 is 0. The fourth-order valence-electron chi connectivity index (χ4n) is 4.15. The molecule has 0 bridgehead atoms. The Morgan fingerprint density at radius 2 is 1.59 bits per heavy atom. The molecule has 0 atom stereocenters. The van der Waals surface area contributed by atoms with E-state index in [2.05, 4.69) is 0 Å². The van der Waals surface area contributed by atoms with Crippen molar-refractivity contribution in [2.75, 3.05) is 33.3 Å². The van der Waals surface area contributed by atoms with E-state index < -0.39 is 15.8 Å². The predicted octanol–water partition coefficient (Wildman–Crippen LogP) is 3.53. The molecule has 174 valence electrons. The molecule has 32 heavy (non-hydrogen) atoms. The van der Waals surface area contributed by atoms with Crippen molar-refractivity contribution in [2.45, 2.75) is 45.4 Å². The number of nitrogens with zero attached hydrogens (tertiary/aromatic N) is 2. The molecule has 1 aliphatic heterocycles. The number of amides is 1. The molecule has 8 heteroatoms. The van der Waals surface area contributed by atoms with Crippen LogP contribution in [0.5, 0.6) is 5.75 Å². The van der Waals surface area contributed by atoms with Crippen molar-refractivity contribution in [2.24, 2.45) is 0 Å². The second kappa shape index (κ2) is 9.58. The highest BCUT2D eigenvalue weighted by Gasteiger charge is 2.32. The molecule has 1 aliphatic rings. The molecule has 1 fully saturated rings. The molecule has 0 unspecified atom stereocenters. The van der Waals surface area contributed by atoms with Gasteiger partial charge in [0.2, 0.25) is 15.9 Å². The summed E-state index contributed by atoms with van der Waals surface area (Å²) in [4.78, 5) is 14.7. The molecule has 2 aromatic rings. The van der Waals surface area contributed by atoms with Gasteiger partial charge < -0.3 is 9.64 Å². The zero-order valence-electron chi connectivity index (χ0n) is 19.4. The van der Waals surface area contributed by atoms with Crippen LogP contribution in [0.2, 0.25) is 0 Å². The lowest BCUT2D eigenvalue weighted by molar-refractivity contribution is -0.132. The Kier molecular flexibility index (Phi) is 7.25. The summed E-state index contributed by atoms with van der Waals surface area (Å²) in [7, 11) is -2.24. The Bertz CT molecular complexity index is 1100. The van der Waals surface area contributed by atoms with Crippen LogP contribution in [-0.2, 0) is 21.2 Å². The summed E-state index contributed by atoms with van der Waals surface area (Å²) in [5, 5.41) is 0. The monoisotopic (exact) mass is 462 g/mol. The SMILES string of the molecule is COc1ccc(CCC(=O)N2CCN(S(=O)(=O)c3c(C)c(C)cc(C)c3C)CC2)cc1F. The summed E-state index contributed by atoms with van der Waals surface area (Å²) < 4.78 is 47.0. The van der Waals surface area contributed by atoms with Gasteiger partial charge in [0.15, 0.2) is 11.6 Å². The first-order chi connectivity index (χ1) is 15.1. The van der Waals surface area contributed by atoms with Crippen molar-refractivity contribution in [3.8, 4) is 5.75 Å². The van der Waals surface area contributed by atoms with Crippen molar-refractivity contribution in [3.63, 3.8) is 0 Å². The normalized spacial score (nSPS) is 15.1. The van der Waals surface area contributed by atoms with Crippen LogP contribution in [-0.4, -0.2) is 56.8 Å². The Labute approximate surface area is 190 Å². The quantitative estimate of drug-likeness (QED) is 0.659. The molecule has 0 N–H and O–H groups in total. The molecule has 6 nitrogen and oxygen atoms in total. The Morgan fingerprint density at radius 1 is 1.00 bits per heavy atom. The summed E-state index contributed by atoms with van der Waals surface area (Å²) in [6.07, 6.45) is 0.660. The molecule has 0 radical (unpaired) electrons. The summed E-state index contributed by atoms with van der Waals surface area (Å²) in [5.41, 5.74) is 4.18. The number of methoxy groups -OCH3 is 1. The van der Waals surface area contributed by atoms with E-state index in [1.54, 1.807) is 17.0 Å². The predicted molar refractivity (Wildman–Crippen MR) is 122 cm³/mol. The van der Waals surface area contributed by atoms with Gasteiger partial charge in [-0.1, -0.05) is 12.1 Å². The van der Waals surface area contributed by atoms with Crippen LogP contribution in [0.3, 0.4) is 0 Å². The fourth-order valence-corrected chi connectivity index (χ4v) is 6.15. The first-order valence-corrected chi connectivity index (χ1v) is 12.2. The van der Waals surface area contributed by atoms with Gasteiger partial charge in [-0.2, -0.15) is 4.31 Å². The molecule has 3 rings (SSSR count). The number of piperazine rings is 1. The molecule has 0 saturated carbocycles. The average Bonchev–Trinajstić information content (AvgIpc) is 2.76. The standard InChI is InChI=1S/C24H31FN2O4S/c1-16-14-17(2)19(4)24(18(16)3)32(29,30)27-12-10-26(11-13-27)23(28)9-7-20-6-8-22(31-5)21(25)15-20/h6,8,14-15H,7,9-13H2,1-5H3. The Balaban J connectivity index is 1.63. The zero-order chi connectivity index (χ0) is 23.6. The first kappa shape index (κ1) is 24.2. The number of ether oxygens (including phenoxy) is 1. The molecule has 2 aromatic carbocycles. The minimum absolute atomic E-state index is 0.0583. The molecule has 0 spiro atoms. The minimum Gasteiger partial charge on any atom is -0.494 e. The topological polar surface area (TPSA) is 66.9 Å². The lowest BCUT2D eigenvalue weighted by atomic mass is 10.0. The smallest absolute Gasteiger partial charge is 0.243 e. The lowest BCUT2D eigenvalue weighted by Crippen LogP contribution is -2.50. The third-order valence-electron chi connectivity index (χ3n) is 6.33. The highest BCUT2D eigenvalue weighted by molar-refractivity contribution is 7.89. The molecular weight excluding hydrogens is 431 g/mol. The molecule has 1 heterocycles. The number of carbonyl (C=O) groups is 1. The van der Waals surface area contributed by atoms with Crippen molar-refractivity contribution in [1.82, 2.24) is 9.21 Å². The van der Waals surface area contributed by atoms with Gasteiger partial charge in [0.05, 0.1) is 12.0 Å². The first-order valence-electron chi connectivity index (χ1n) is 10.7. The van der Waals surface area contributed by atoms with Crippen molar-refractivity contribution < 1.29 is 22.3 Å². The van der Waals surface area contributed by atoms with Gasteiger partial charge in [0.25, 0.3) is 0 Å². The van der Waals surface area contributed by atoms with Gasteiger partial charge in [-0.05, 0) is 74.1 Å². The average molecular weight is 463 g/mol. The molecule has 1 saturated heterocycles. The highest BCUT2D eigenvalue weighted by Crippen LogP contribution is 2.29. The third kappa shape index (κ3) is 4.81. The number of hydrogen-bond donors (Lipinski definition) is 0. The number of carbonyl (C=O) groups excluding carboxylic acids is 1. The van der Waals surface area contributed by atoms with Crippen LogP contribution in [0, 0.1) is 33.5 Å². The van der Waals surface area contributed by atoms with Crippen LogP contribution < -0.4 is 4.74 Å². The van der Waals surface area contributed by atoms with E-state index in [9.17, 15) is 17.6 Å². The fraction of sp³-hybridized carbons (Fsp3) is 0.458. The van der Waals surface area contributed by atoms with Crippen molar-refractivity contribution in [1.29, 1.82) is 0 Å². The van der Waals surface area contributed by atoms with E-state index >= 15 is 0 Å². The van der Waals surface area contributed by atoms with Crippen LogP contribution in [0.4, 0.5) is 4.39 Å². The Hall–Kier alpha value is -2.45. The Morgan fingerprint density at radius 3 is 2.12 bits per heavy atom. The number of hydrogen-bond acceptors (Lipinski definition) is 4. The second-order valence-corrected chi connectivity index (χ2v) is 10.2. The van der Waals surface area contributed by atoms with E-state index in [-0.39, 0.29) is 31.2 Å². The highest BCUT2D eigenvalue weighted by atomic mass is 32.2. The lowest BCUT2D eigenvalue weighted by Gasteiger charge is -2.35. The van der Waals surface area contributed by atoms with Crippen LogP contribution in [0.25, 0.3) is 0 Å². The van der Waals surface area contributed by atoms with Crippen LogP contribution in [0.1, 0.15) is 34.2 Å². The van der Waals surface area contributed by atoms with Gasteiger partial charge in [-0.25, -0.2) is 12.8 Å². The number of rotatable bonds is 6. The van der Waals surface area contributed by atoms with Crippen LogP contribution >= 0.6 is 0 Å². The van der Waals surface area contributed by atoms with Gasteiger partial charge >= 0.3 is 0 Å². The molecular formula is C24H31FN2O4S. The second-order valence-electron chi connectivity index (χ2n) is 8.34. The van der Waals surface area contributed by atoms with Gasteiger partial charge in [-0.3, -0.25) is 4.79 Å². The number of halogens is 1. The molecule has 0 aromatic heterocycles. The molecule has 0 aliphatic carbocycles. The number of sulfonamides is 1. The van der Waals surface area contributed by atoms with Crippen molar-refractivity contribution in [3.05, 3.63) is 57.9 Å². The van der Waals surface area contributed by atoms with Gasteiger partial charge in [0.1, 0.15) is 0 Å². The maximum Gasteiger partial charge on any atom is 0.243 e. The summed E-state index contributed by atoms with van der Waals surface area (Å²) in [6, 6.07) is 6.68. The minimum atomic E-state index is -3.64. The van der Waals surface area contributed by atoms with Crippen LogP contribution in [0.15, 0.2) is 29.2 Å². The maximum absolute atomic E-state index is 13.8. The van der Waals surface area contributed by atoms with Crippen molar-refractivity contribution >= 4 is 15.9 Å². The van der Waals surface area contributed by atoms with Gasteiger partial charge in [-0.15, -0.1) is 0 Å².